The molecule has 0 bridgehead atoms. The summed E-state index contributed by atoms with van der Waals surface area (Å²) in [6, 6.07) is 0. The zero-order valence-corrected chi connectivity index (χ0v) is 9.16. The second-order valence-electron chi connectivity index (χ2n) is 4.03. The summed E-state index contributed by atoms with van der Waals surface area (Å²) < 4.78 is 0. The summed E-state index contributed by atoms with van der Waals surface area (Å²) >= 11 is 0. The molecular weight excluding hydrogens is 164 g/mol. The zero-order chi connectivity index (χ0) is 10.3. The molecule has 0 aromatic heterocycles. The van der Waals surface area contributed by atoms with Gasteiger partial charge in [-0.05, 0) is 12.3 Å². The van der Waals surface area contributed by atoms with Gasteiger partial charge in [-0.3, -0.25) is 0 Å². The summed E-state index contributed by atoms with van der Waals surface area (Å²) in [5.74, 6) is 0.639. The first-order valence-corrected chi connectivity index (χ1v) is 5.44. The van der Waals surface area contributed by atoms with Gasteiger partial charge in [-0.25, -0.2) is 0 Å². The van der Waals surface area contributed by atoms with Crippen molar-refractivity contribution in [3.63, 3.8) is 0 Å². The highest BCUT2D eigenvalue weighted by molar-refractivity contribution is 4.68. The highest BCUT2D eigenvalue weighted by atomic mass is 16.3. The maximum atomic E-state index is 9.69. The smallest absolute Gasteiger partial charge is 0.0590 e. The molecule has 0 aromatic carbocycles. The van der Waals surface area contributed by atoms with Gasteiger partial charge in [0.25, 0.3) is 0 Å². The van der Waals surface area contributed by atoms with Crippen LogP contribution in [0.5, 0.6) is 0 Å². The molecule has 0 aliphatic heterocycles. The van der Waals surface area contributed by atoms with Gasteiger partial charge in [0.1, 0.15) is 0 Å². The molecule has 0 heterocycles. The van der Waals surface area contributed by atoms with Gasteiger partial charge < -0.3 is 10.2 Å². The molecule has 0 saturated heterocycles. The van der Waals surface area contributed by atoms with E-state index in [9.17, 15) is 5.11 Å². The highest BCUT2D eigenvalue weighted by Gasteiger charge is 2.17. The van der Waals surface area contributed by atoms with Crippen LogP contribution in [-0.4, -0.2) is 22.9 Å². The topological polar surface area (TPSA) is 40.5 Å². The third-order valence-corrected chi connectivity index (χ3v) is 2.79. The summed E-state index contributed by atoms with van der Waals surface area (Å²) in [5.41, 5.74) is 0. The molecule has 0 saturated carbocycles. The molecule has 0 rings (SSSR count). The number of hydrogen-bond donors (Lipinski definition) is 2. The minimum atomic E-state index is -0.332. The Morgan fingerprint density at radius 1 is 1.23 bits per heavy atom. The summed E-state index contributed by atoms with van der Waals surface area (Å²) in [4.78, 5) is 0. The first-order chi connectivity index (χ1) is 6.15. The third kappa shape index (κ3) is 5.27. The molecule has 80 valence electrons. The standard InChI is InChI=1S/C11H24O2/c1-4-6-10(5-2)7-11(13)9(3)8-12/h9-13H,4-8H2,1-3H3. The van der Waals surface area contributed by atoms with E-state index in [0.29, 0.717) is 5.92 Å². The average molecular weight is 188 g/mol. The number of rotatable bonds is 7. The van der Waals surface area contributed by atoms with Crippen LogP contribution in [0.1, 0.15) is 46.5 Å². The van der Waals surface area contributed by atoms with Gasteiger partial charge in [-0.15, -0.1) is 0 Å². The molecule has 0 aliphatic carbocycles. The van der Waals surface area contributed by atoms with E-state index in [1.54, 1.807) is 0 Å². The molecule has 3 atom stereocenters. The maximum Gasteiger partial charge on any atom is 0.0590 e. The van der Waals surface area contributed by atoms with Gasteiger partial charge in [0.05, 0.1) is 6.10 Å². The zero-order valence-electron chi connectivity index (χ0n) is 9.16. The van der Waals surface area contributed by atoms with E-state index in [1.165, 1.54) is 12.8 Å². The predicted molar refractivity (Wildman–Crippen MR) is 55.6 cm³/mol. The van der Waals surface area contributed by atoms with Crippen molar-refractivity contribution >= 4 is 0 Å². The van der Waals surface area contributed by atoms with Crippen molar-refractivity contribution in [2.75, 3.05) is 6.61 Å². The maximum absolute atomic E-state index is 9.69. The van der Waals surface area contributed by atoms with Crippen LogP contribution in [0.15, 0.2) is 0 Å². The largest absolute Gasteiger partial charge is 0.396 e. The molecule has 2 N–H and O–H groups in total. The third-order valence-electron chi connectivity index (χ3n) is 2.79. The van der Waals surface area contributed by atoms with E-state index < -0.39 is 0 Å². The Morgan fingerprint density at radius 3 is 2.23 bits per heavy atom. The summed E-state index contributed by atoms with van der Waals surface area (Å²) in [6.45, 7) is 6.31. The van der Waals surface area contributed by atoms with Crippen LogP contribution in [0, 0.1) is 11.8 Å². The minimum Gasteiger partial charge on any atom is -0.396 e. The van der Waals surface area contributed by atoms with E-state index in [-0.39, 0.29) is 18.6 Å². The Morgan fingerprint density at radius 2 is 1.85 bits per heavy atom. The van der Waals surface area contributed by atoms with Crippen molar-refractivity contribution < 1.29 is 10.2 Å². The molecule has 0 fully saturated rings. The van der Waals surface area contributed by atoms with Gasteiger partial charge in [0, 0.05) is 12.5 Å². The summed E-state index contributed by atoms with van der Waals surface area (Å²) in [6.07, 6.45) is 4.00. The first-order valence-electron chi connectivity index (χ1n) is 5.44. The molecule has 2 nitrogen and oxygen atoms in total. The fraction of sp³-hybridized carbons (Fsp3) is 1.00. The van der Waals surface area contributed by atoms with Gasteiger partial charge in [0.2, 0.25) is 0 Å². The Balaban J connectivity index is 3.78. The Kier molecular flexibility index (Phi) is 7.29. The van der Waals surface area contributed by atoms with Crippen LogP contribution in [0.2, 0.25) is 0 Å². The lowest BCUT2D eigenvalue weighted by atomic mass is 9.90. The van der Waals surface area contributed by atoms with E-state index in [4.69, 9.17) is 5.11 Å². The van der Waals surface area contributed by atoms with Crippen LogP contribution < -0.4 is 0 Å². The van der Waals surface area contributed by atoms with Gasteiger partial charge in [0.15, 0.2) is 0 Å². The van der Waals surface area contributed by atoms with Crippen LogP contribution >= 0.6 is 0 Å². The quantitative estimate of drug-likeness (QED) is 0.643. The molecule has 0 spiro atoms. The van der Waals surface area contributed by atoms with Crippen LogP contribution in [-0.2, 0) is 0 Å². The summed E-state index contributed by atoms with van der Waals surface area (Å²) in [5, 5.41) is 18.5. The van der Waals surface area contributed by atoms with Gasteiger partial charge in [-0.1, -0.05) is 40.0 Å². The van der Waals surface area contributed by atoms with E-state index in [0.717, 1.165) is 12.8 Å². The number of hydrogen-bond acceptors (Lipinski definition) is 2. The number of aliphatic hydroxyl groups is 2. The number of aliphatic hydroxyl groups excluding tert-OH is 2. The minimum absolute atomic E-state index is 0.0194. The Bertz CT molecular complexity index is 115. The lowest BCUT2D eigenvalue weighted by Crippen LogP contribution is -2.23. The second kappa shape index (κ2) is 7.34. The predicted octanol–water partition coefficient (Wildman–Crippen LogP) is 2.19. The second-order valence-corrected chi connectivity index (χ2v) is 4.03. The molecule has 2 heteroatoms. The van der Waals surface area contributed by atoms with Crippen molar-refractivity contribution in [2.45, 2.75) is 52.6 Å². The Hall–Kier alpha value is -0.0800. The van der Waals surface area contributed by atoms with Gasteiger partial charge in [-0.2, -0.15) is 0 Å². The molecule has 0 radical (unpaired) electrons. The average Bonchev–Trinajstić information content (AvgIpc) is 2.15. The van der Waals surface area contributed by atoms with E-state index >= 15 is 0 Å². The van der Waals surface area contributed by atoms with Crippen LogP contribution in [0.3, 0.4) is 0 Å². The first kappa shape index (κ1) is 12.9. The van der Waals surface area contributed by atoms with Crippen molar-refractivity contribution in [2.24, 2.45) is 11.8 Å². The lowest BCUT2D eigenvalue weighted by molar-refractivity contribution is 0.0555. The highest BCUT2D eigenvalue weighted by Crippen LogP contribution is 2.20. The fourth-order valence-electron chi connectivity index (χ4n) is 1.59. The van der Waals surface area contributed by atoms with Gasteiger partial charge >= 0.3 is 0 Å². The SMILES string of the molecule is CCCC(CC)CC(O)C(C)CO. The molecule has 13 heavy (non-hydrogen) atoms. The van der Waals surface area contributed by atoms with Crippen molar-refractivity contribution in [1.29, 1.82) is 0 Å². The van der Waals surface area contributed by atoms with Crippen molar-refractivity contribution in [3.05, 3.63) is 0 Å². The molecular formula is C11H24O2. The van der Waals surface area contributed by atoms with Crippen molar-refractivity contribution in [1.82, 2.24) is 0 Å². The van der Waals surface area contributed by atoms with E-state index in [2.05, 4.69) is 13.8 Å². The van der Waals surface area contributed by atoms with Crippen LogP contribution in [0.25, 0.3) is 0 Å². The van der Waals surface area contributed by atoms with E-state index in [1.807, 2.05) is 6.92 Å². The summed E-state index contributed by atoms with van der Waals surface area (Å²) in [7, 11) is 0. The normalized spacial score (nSPS) is 18.2. The fourth-order valence-corrected chi connectivity index (χ4v) is 1.59. The molecule has 0 amide bonds. The Labute approximate surface area is 82.0 Å². The van der Waals surface area contributed by atoms with Crippen LogP contribution in [0.4, 0.5) is 0 Å². The lowest BCUT2D eigenvalue weighted by Gasteiger charge is -2.21. The molecule has 3 unspecified atom stereocenters. The molecule has 0 aliphatic rings. The monoisotopic (exact) mass is 188 g/mol. The van der Waals surface area contributed by atoms with Crippen molar-refractivity contribution in [3.8, 4) is 0 Å². The molecule has 0 aromatic rings.